The summed E-state index contributed by atoms with van der Waals surface area (Å²) < 4.78 is 10.8. The summed E-state index contributed by atoms with van der Waals surface area (Å²) in [5.74, 6) is 0.945. The number of methoxy groups -OCH3 is 2. The molecule has 218 valence electrons. The van der Waals surface area contributed by atoms with Crippen LogP contribution in [0.2, 0.25) is 10.0 Å². The quantitative estimate of drug-likeness (QED) is 0.232. The first-order chi connectivity index (χ1) is 19.8. The Hall–Kier alpha value is -4.03. The van der Waals surface area contributed by atoms with Gasteiger partial charge in [0.15, 0.2) is 0 Å². The Bertz CT molecular complexity index is 1360. The van der Waals surface area contributed by atoms with Crippen molar-refractivity contribution in [2.45, 2.75) is 44.3 Å². The molecule has 2 heterocycles. The summed E-state index contributed by atoms with van der Waals surface area (Å²) >= 11 is 13.3. The fourth-order valence-corrected chi connectivity index (χ4v) is 5.63. The van der Waals surface area contributed by atoms with E-state index in [1.165, 1.54) is 42.4 Å². The number of nitrogens with zero attached hydrogens (tertiary/aromatic N) is 4. The largest absolute Gasteiger partial charge is 0.495 e. The number of ether oxygens (including phenoxy) is 2. The highest BCUT2D eigenvalue weighted by molar-refractivity contribution is 6.42. The van der Waals surface area contributed by atoms with E-state index in [2.05, 4.69) is 22.2 Å². The van der Waals surface area contributed by atoms with Crippen LogP contribution in [0.1, 0.15) is 31.2 Å². The number of amides is 3. The second-order valence-corrected chi connectivity index (χ2v) is 10.3. The Kier molecular flexibility index (Phi) is 9.56. The number of rotatable bonds is 10. The Morgan fingerprint density at radius 1 is 1.22 bits per heavy atom. The predicted molar refractivity (Wildman–Crippen MR) is 160 cm³/mol. The van der Waals surface area contributed by atoms with E-state index in [0.29, 0.717) is 22.9 Å². The van der Waals surface area contributed by atoms with Gasteiger partial charge >= 0.3 is 6.03 Å². The summed E-state index contributed by atoms with van der Waals surface area (Å²) in [5.41, 5.74) is 6.90. The zero-order valence-electron chi connectivity index (χ0n) is 22.7. The first kappa shape index (κ1) is 29.9. The number of carbonyl (C=O) groups excluding carboxylic acids is 2. The Morgan fingerprint density at radius 3 is 2.46 bits per heavy atom. The van der Waals surface area contributed by atoms with Gasteiger partial charge in [-0.05, 0) is 18.9 Å². The van der Waals surface area contributed by atoms with Gasteiger partial charge in [-0.2, -0.15) is 4.98 Å². The standard InChI is InChI=1S/C27H32Cl2N8O4/c1-4-21(38)33-17-7-5-6-8-18(17)34-26-32-12-16-14-36(24-22(28)19(40-2)9-20(41-3)23(24)29)27(39)37(25(16)35-26)13-15(10-30)11-31/h4,9-12,17-18,30H,1,5-8,13-14,31H2,2-3H3,(H,33,38)(H,32,34,35)/b15-11+,30-10?/t17-,18?/m0/s1. The Labute approximate surface area is 248 Å². The van der Waals surface area contributed by atoms with Gasteiger partial charge < -0.3 is 31.3 Å². The zero-order valence-corrected chi connectivity index (χ0v) is 24.3. The van der Waals surface area contributed by atoms with E-state index in [-0.39, 0.29) is 58.3 Å². The van der Waals surface area contributed by atoms with Crippen molar-refractivity contribution in [2.75, 3.05) is 35.9 Å². The van der Waals surface area contributed by atoms with E-state index in [1.807, 2.05) is 0 Å². The van der Waals surface area contributed by atoms with Gasteiger partial charge in [0.1, 0.15) is 27.4 Å². The molecule has 0 bridgehead atoms. The third-order valence-electron chi connectivity index (χ3n) is 7.04. The number of nitrogens with two attached hydrogens (primary N) is 1. The van der Waals surface area contributed by atoms with Crippen molar-refractivity contribution in [2.24, 2.45) is 5.73 Å². The molecule has 2 atom stereocenters. The summed E-state index contributed by atoms with van der Waals surface area (Å²) in [5, 5.41) is 14.3. The first-order valence-corrected chi connectivity index (χ1v) is 13.7. The lowest BCUT2D eigenvalue weighted by Crippen LogP contribution is -2.50. The molecular formula is C27H32Cl2N8O4. The lowest BCUT2D eigenvalue weighted by Gasteiger charge is -2.37. The number of anilines is 3. The average Bonchev–Trinajstić information content (AvgIpc) is 2.98. The van der Waals surface area contributed by atoms with Gasteiger partial charge in [0.05, 0.1) is 33.0 Å². The second-order valence-electron chi connectivity index (χ2n) is 9.50. The van der Waals surface area contributed by atoms with Crippen LogP contribution in [0.25, 0.3) is 0 Å². The number of urea groups is 1. The molecule has 1 aliphatic carbocycles. The van der Waals surface area contributed by atoms with Crippen LogP contribution in [0.3, 0.4) is 0 Å². The molecule has 1 saturated carbocycles. The molecule has 1 fully saturated rings. The molecule has 4 rings (SSSR count). The summed E-state index contributed by atoms with van der Waals surface area (Å²) in [7, 11) is 2.89. The van der Waals surface area contributed by atoms with Crippen molar-refractivity contribution in [1.82, 2.24) is 15.3 Å². The molecular weight excluding hydrogens is 571 g/mol. The molecule has 12 nitrogen and oxygen atoms in total. The van der Waals surface area contributed by atoms with Crippen molar-refractivity contribution < 1.29 is 19.1 Å². The van der Waals surface area contributed by atoms with E-state index >= 15 is 0 Å². The fraction of sp³-hybridized carbons (Fsp3) is 0.370. The van der Waals surface area contributed by atoms with Gasteiger partial charge in [0.25, 0.3) is 0 Å². The number of carbonyl (C=O) groups is 2. The van der Waals surface area contributed by atoms with Crippen LogP contribution >= 0.6 is 23.2 Å². The van der Waals surface area contributed by atoms with Crippen LogP contribution in [0.15, 0.2) is 36.7 Å². The predicted octanol–water partition coefficient (Wildman–Crippen LogP) is 4.26. The zero-order chi connectivity index (χ0) is 29.7. The maximum absolute atomic E-state index is 14.0. The van der Waals surface area contributed by atoms with Crippen molar-refractivity contribution >= 4 is 58.8 Å². The molecule has 14 heteroatoms. The third kappa shape index (κ3) is 6.18. The molecule has 0 saturated heterocycles. The number of hydrogen-bond acceptors (Lipinski definition) is 9. The molecule has 1 unspecified atom stereocenters. The van der Waals surface area contributed by atoms with Crippen molar-refractivity contribution in [3.63, 3.8) is 0 Å². The van der Waals surface area contributed by atoms with E-state index < -0.39 is 6.03 Å². The molecule has 1 aromatic heterocycles. The van der Waals surface area contributed by atoms with Crippen LogP contribution in [0.4, 0.5) is 22.2 Å². The van der Waals surface area contributed by atoms with Crippen LogP contribution in [0.5, 0.6) is 11.5 Å². The average molecular weight is 604 g/mol. The maximum Gasteiger partial charge on any atom is 0.330 e. The number of halogens is 2. The Morgan fingerprint density at radius 2 is 1.88 bits per heavy atom. The lowest BCUT2D eigenvalue weighted by atomic mass is 9.90. The molecule has 0 radical (unpaired) electrons. The lowest BCUT2D eigenvalue weighted by molar-refractivity contribution is -0.117. The maximum atomic E-state index is 14.0. The minimum atomic E-state index is -0.503. The Balaban J connectivity index is 1.75. The first-order valence-electron chi connectivity index (χ1n) is 12.9. The molecule has 1 aromatic carbocycles. The fourth-order valence-electron chi connectivity index (χ4n) is 4.93. The minimum absolute atomic E-state index is 0.0451. The molecule has 3 amide bonds. The molecule has 2 aromatic rings. The molecule has 5 N–H and O–H groups in total. The summed E-state index contributed by atoms with van der Waals surface area (Å²) in [6, 6.07) is 0.795. The molecule has 41 heavy (non-hydrogen) atoms. The topological polar surface area (TPSA) is 159 Å². The van der Waals surface area contributed by atoms with Gasteiger partial charge in [-0.1, -0.05) is 42.6 Å². The second kappa shape index (κ2) is 13.1. The van der Waals surface area contributed by atoms with E-state index in [1.54, 1.807) is 6.20 Å². The van der Waals surface area contributed by atoms with Gasteiger partial charge in [-0.15, -0.1) is 0 Å². The molecule has 1 aliphatic heterocycles. The van der Waals surface area contributed by atoms with Crippen LogP contribution in [-0.4, -0.2) is 61.0 Å². The van der Waals surface area contributed by atoms with E-state index in [9.17, 15) is 9.59 Å². The van der Waals surface area contributed by atoms with Crippen LogP contribution < -0.4 is 35.6 Å². The number of fused-ring (bicyclic) bond motifs is 1. The monoisotopic (exact) mass is 602 g/mol. The summed E-state index contributed by atoms with van der Waals surface area (Å²) in [4.78, 5) is 38.0. The third-order valence-corrected chi connectivity index (χ3v) is 7.77. The van der Waals surface area contributed by atoms with Gasteiger partial charge in [-0.3, -0.25) is 14.6 Å². The van der Waals surface area contributed by atoms with Gasteiger partial charge in [0, 0.05) is 47.9 Å². The smallest absolute Gasteiger partial charge is 0.330 e. The summed E-state index contributed by atoms with van der Waals surface area (Å²) in [6.07, 6.45) is 8.77. The normalized spacial score (nSPS) is 18.8. The van der Waals surface area contributed by atoms with E-state index in [0.717, 1.165) is 31.9 Å². The minimum Gasteiger partial charge on any atom is -0.495 e. The number of benzene rings is 1. The van der Waals surface area contributed by atoms with Crippen LogP contribution in [0, 0.1) is 5.41 Å². The number of hydrogen-bond donors (Lipinski definition) is 4. The number of aromatic nitrogens is 2. The molecule has 2 aliphatic rings. The number of nitrogens with one attached hydrogen (secondary N) is 3. The highest BCUT2D eigenvalue weighted by Crippen LogP contribution is 2.48. The van der Waals surface area contributed by atoms with Gasteiger partial charge in [-0.25, -0.2) is 9.78 Å². The van der Waals surface area contributed by atoms with Crippen molar-refractivity contribution in [3.05, 3.63) is 52.3 Å². The highest BCUT2D eigenvalue weighted by atomic mass is 35.5. The van der Waals surface area contributed by atoms with E-state index in [4.69, 9.17) is 48.8 Å². The SMILES string of the molecule is C=CC(=O)N[C@H]1CCCCC1Nc1ncc2c(n1)N(C/C(C=N)=C/N)C(=O)N(c1c(Cl)c(OC)cc(OC)c1Cl)C2. The van der Waals surface area contributed by atoms with Crippen molar-refractivity contribution in [1.29, 1.82) is 5.41 Å². The highest BCUT2D eigenvalue weighted by Gasteiger charge is 2.37. The van der Waals surface area contributed by atoms with Crippen molar-refractivity contribution in [3.8, 4) is 11.5 Å². The summed E-state index contributed by atoms with van der Waals surface area (Å²) in [6.45, 7) is 3.54. The van der Waals surface area contributed by atoms with Crippen LogP contribution in [-0.2, 0) is 11.3 Å². The van der Waals surface area contributed by atoms with Gasteiger partial charge in [0.2, 0.25) is 11.9 Å². The molecule has 0 spiro atoms.